The van der Waals surface area contributed by atoms with E-state index in [9.17, 15) is 18.0 Å². The number of aldehydes is 1. The fraction of sp³-hybridized carbons (Fsp3) is 0.222. The zero-order chi connectivity index (χ0) is 10.7. The fourth-order valence-electron chi connectivity index (χ4n) is 1.09. The van der Waals surface area contributed by atoms with Crippen LogP contribution in [0.3, 0.4) is 0 Å². The van der Waals surface area contributed by atoms with Gasteiger partial charge in [-0.2, -0.15) is 4.39 Å². The van der Waals surface area contributed by atoms with Gasteiger partial charge in [-0.05, 0) is 6.07 Å². The molecule has 2 nitrogen and oxygen atoms in total. The second-order valence-corrected chi connectivity index (χ2v) is 2.55. The molecule has 0 bridgehead atoms. The molecule has 1 aromatic rings. The quantitative estimate of drug-likeness (QED) is 0.554. The van der Waals surface area contributed by atoms with Crippen LogP contribution in [0.4, 0.5) is 13.2 Å². The van der Waals surface area contributed by atoms with Gasteiger partial charge in [0.05, 0.1) is 7.11 Å². The normalized spacial score (nSPS) is 10.0. The van der Waals surface area contributed by atoms with Crippen LogP contribution < -0.4 is 4.74 Å². The van der Waals surface area contributed by atoms with Crippen LogP contribution >= 0.6 is 0 Å². The topological polar surface area (TPSA) is 26.3 Å². The molecule has 1 aromatic carbocycles. The number of hydrogen-bond donors (Lipinski definition) is 0. The summed E-state index contributed by atoms with van der Waals surface area (Å²) in [6.07, 6.45) is 0.228. The van der Waals surface area contributed by atoms with E-state index in [4.69, 9.17) is 0 Å². The zero-order valence-corrected chi connectivity index (χ0v) is 7.31. The Bertz CT molecular complexity index is 364. The second kappa shape index (κ2) is 4.13. The lowest BCUT2D eigenvalue weighted by Crippen LogP contribution is -2.01. The number of hydrogen-bond acceptors (Lipinski definition) is 2. The molecule has 5 heteroatoms. The molecule has 0 aliphatic carbocycles. The standard InChI is InChI=1S/C9H7F3O2/c1-14-9-5(2-3-13)4-6(10)7(11)8(9)12/h3-4H,2H2,1H3. The maximum absolute atomic E-state index is 13.0. The summed E-state index contributed by atoms with van der Waals surface area (Å²) in [5, 5.41) is 0. The summed E-state index contributed by atoms with van der Waals surface area (Å²) in [6.45, 7) is 0. The van der Waals surface area contributed by atoms with Gasteiger partial charge < -0.3 is 9.53 Å². The number of ether oxygens (including phenoxy) is 1. The summed E-state index contributed by atoms with van der Waals surface area (Å²) in [4.78, 5) is 10.2. The first kappa shape index (κ1) is 10.6. The monoisotopic (exact) mass is 204 g/mol. The van der Waals surface area contributed by atoms with E-state index in [1.165, 1.54) is 0 Å². The first-order valence-electron chi connectivity index (χ1n) is 3.75. The lowest BCUT2D eigenvalue weighted by Gasteiger charge is -2.08. The Morgan fingerprint density at radius 1 is 1.36 bits per heavy atom. The highest BCUT2D eigenvalue weighted by atomic mass is 19.2. The van der Waals surface area contributed by atoms with E-state index >= 15 is 0 Å². The predicted octanol–water partition coefficient (Wildman–Crippen LogP) is 1.85. The summed E-state index contributed by atoms with van der Waals surface area (Å²) in [5.41, 5.74) is -0.0149. The van der Waals surface area contributed by atoms with Gasteiger partial charge in [-0.25, -0.2) is 8.78 Å². The molecule has 0 aromatic heterocycles. The lowest BCUT2D eigenvalue weighted by atomic mass is 10.1. The number of benzene rings is 1. The molecule has 0 atom stereocenters. The molecule has 0 amide bonds. The molecular weight excluding hydrogens is 197 g/mol. The molecule has 0 N–H and O–H groups in total. The highest BCUT2D eigenvalue weighted by Gasteiger charge is 2.18. The summed E-state index contributed by atoms with van der Waals surface area (Å²) in [6, 6.07) is 0.742. The summed E-state index contributed by atoms with van der Waals surface area (Å²) >= 11 is 0. The maximum atomic E-state index is 13.0. The zero-order valence-electron chi connectivity index (χ0n) is 7.31. The van der Waals surface area contributed by atoms with E-state index in [2.05, 4.69) is 4.74 Å². The van der Waals surface area contributed by atoms with Gasteiger partial charge in [0.25, 0.3) is 0 Å². The molecular formula is C9H7F3O2. The summed E-state index contributed by atoms with van der Waals surface area (Å²) in [7, 11) is 1.12. The van der Waals surface area contributed by atoms with Crippen LogP contribution in [0.15, 0.2) is 6.07 Å². The Labute approximate surface area is 78.3 Å². The highest BCUT2D eigenvalue weighted by molar-refractivity contribution is 5.57. The Balaban J connectivity index is 3.35. The van der Waals surface area contributed by atoms with Crippen molar-refractivity contribution >= 4 is 6.29 Å². The van der Waals surface area contributed by atoms with E-state index < -0.39 is 23.2 Å². The number of carbonyl (C=O) groups excluding carboxylic acids is 1. The summed E-state index contributed by atoms with van der Waals surface area (Å²) < 4.78 is 42.9. The Kier molecular flexibility index (Phi) is 3.11. The molecule has 76 valence electrons. The van der Waals surface area contributed by atoms with Gasteiger partial charge in [-0.1, -0.05) is 0 Å². The van der Waals surface area contributed by atoms with Crippen molar-refractivity contribution in [1.82, 2.24) is 0 Å². The Morgan fingerprint density at radius 2 is 2.00 bits per heavy atom. The molecule has 0 saturated carbocycles. The Hall–Kier alpha value is -1.52. The van der Waals surface area contributed by atoms with Crippen molar-refractivity contribution < 1.29 is 22.7 Å². The van der Waals surface area contributed by atoms with Crippen LogP contribution in [0.1, 0.15) is 5.56 Å². The van der Waals surface area contributed by atoms with E-state index in [-0.39, 0.29) is 12.0 Å². The highest BCUT2D eigenvalue weighted by Crippen LogP contribution is 2.26. The van der Waals surface area contributed by atoms with Gasteiger partial charge in [0, 0.05) is 12.0 Å². The van der Waals surface area contributed by atoms with Crippen molar-refractivity contribution in [3.63, 3.8) is 0 Å². The van der Waals surface area contributed by atoms with Gasteiger partial charge >= 0.3 is 0 Å². The molecule has 0 saturated heterocycles. The maximum Gasteiger partial charge on any atom is 0.203 e. The van der Waals surface area contributed by atoms with E-state index in [1.54, 1.807) is 0 Å². The smallest absolute Gasteiger partial charge is 0.203 e. The average molecular weight is 204 g/mol. The number of halogens is 3. The van der Waals surface area contributed by atoms with Crippen molar-refractivity contribution in [3.8, 4) is 5.75 Å². The van der Waals surface area contributed by atoms with Gasteiger partial charge in [0.2, 0.25) is 5.82 Å². The molecule has 0 radical (unpaired) electrons. The van der Waals surface area contributed by atoms with Gasteiger partial charge in [0.15, 0.2) is 17.4 Å². The number of carbonyl (C=O) groups is 1. The third kappa shape index (κ3) is 1.71. The minimum Gasteiger partial charge on any atom is -0.493 e. The van der Waals surface area contributed by atoms with Crippen LogP contribution in [0.2, 0.25) is 0 Å². The van der Waals surface area contributed by atoms with Crippen molar-refractivity contribution in [1.29, 1.82) is 0 Å². The molecule has 0 heterocycles. The summed E-state index contributed by atoms with van der Waals surface area (Å²) in [5.74, 6) is -4.78. The number of rotatable bonds is 3. The van der Waals surface area contributed by atoms with Crippen molar-refractivity contribution in [2.75, 3.05) is 7.11 Å². The van der Waals surface area contributed by atoms with E-state index in [0.29, 0.717) is 6.29 Å². The largest absolute Gasteiger partial charge is 0.493 e. The predicted molar refractivity (Wildman–Crippen MR) is 42.6 cm³/mol. The van der Waals surface area contributed by atoms with Crippen LogP contribution in [0.5, 0.6) is 5.75 Å². The van der Waals surface area contributed by atoms with Crippen molar-refractivity contribution in [2.45, 2.75) is 6.42 Å². The van der Waals surface area contributed by atoms with Gasteiger partial charge in [-0.15, -0.1) is 0 Å². The van der Waals surface area contributed by atoms with Crippen molar-refractivity contribution in [2.24, 2.45) is 0 Å². The third-order valence-electron chi connectivity index (χ3n) is 1.70. The van der Waals surface area contributed by atoms with Crippen LogP contribution in [0.25, 0.3) is 0 Å². The SMILES string of the molecule is COc1c(CC=O)cc(F)c(F)c1F. The third-order valence-corrected chi connectivity index (χ3v) is 1.70. The van der Waals surface area contributed by atoms with E-state index in [0.717, 1.165) is 13.2 Å². The van der Waals surface area contributed by atoms with Crippen LogP contribution in [-0.4, -0.2) is 13.4 Å². The molecule has 14 heavy (non-hydrogen) atoms. The van der Waals surface area contributed by atoms with Crippen molar-refractivity contribution in [3.05, 3.63) is 29.1 Å². The first-order valence-corrected chi connectivity index (χ1v) is 3.75. The minimum absolute atomic E-state index is 0.0149. The lowest BCUT2D eigenvalue weighted by molar-refractivity contribution is -0.107. The molecule has 0 fully saturated rings. The van der Waals surface area contributed by atoms with E-state index in [1.807, 2.05) is 0 Å². The molecule has 0 aliphatic rings. The minimum atomic E-state index is -1.60. The Morgan fingerprint density at radius 3 is 2.50 bits per heavy atom. The van der Waals surface area contributed by atoms with Gasteiger partial charge in [0.1, 0.15) is 6.29 Å². The van der Waals surface area contributed by atoms with Crippen LogP contribution in [-0.2, 0) is 11.2 Å². The second-order valence-electron chi connectivity index (χ2n) is 2.55. The molecule has 0 aliphatic heterocycles. The number of methoxy groups -OCH3 is 1. The molecule has 0 spiro atoms. The molecule has 1 rings (SSSR count). The van der Waals surface area contributed by atoms with Crippen LogP contribution in [0, 0.1) is 17.5 Å². The fourth-order valence-corrected chi connectivity index (χ4v) is 1.09. The molecule has 0 unspecified atom stereocenters. The first-order chi connectivity index (χ1) is 6.61. The average Bonchev–Trinajstić information content (AvgIpc) is 2.16. The van der Waals surface area contributed by atoms with Gasteiger partial charge in [-0.3, -0.25) is 0 Å².